The fourth-order valence-corrected chi connectivity index (χ4v) is 4.72. The predicted molar refractivity (Wildman–Crippen MR) is 143 cm³/mol. The summed E-state index contributed by atoms with van der Waals surface area (Å²) >= 11 is 0. The highest BCUT2D eigenvalue weighted by Crippen LogP contribution is 2.21. The second-order valence-electron chi connectivity index (χ2n) is 9.32. The Balaban J connectivity index is 1.18. The Morgan fingerprint density at radius 2 is 1.63 bits per heavy atom. The van der Waals surface area contributed by atoms with E-state index in [4.69, 9.17) is 4.74 Å². The third kappa shape index (κ3) is 7.09. The van der Waals surface area contributed by atoms with Gasteiger partial charge in [-0.25, -0.2) is 0 Å². The molecular weight excluding hydrogens is 434 g/mol. The minimum absolute atomic E-state index is 0.0492. The number of nitrogens with zero attached hydrogens (tertiary/aromatic N) is 1. The Hall–Kier alpha value is -3.31. The van der Waals surface area contributed by atoms with Crippen LogP contribution in [0, 0.1) is 6.92 Å². The number of piperidine rings is 1. The van der Waals surface area contributed by atoms with Gasteiger partial charge in [0.15, 0.2) is 0 Å². The van der Waals surface area contributed by atoms with E-state index in [1.807, 2.05) is 24.3 Å². The fraction of sp³-hybridized carbons (Fsp3) is 0.367. The lowest BCUT2D eigenvalue weighted by molar-refractivity contribution is -0.120. The molecule has 1 aliphatic heterocycles. The van der Waals surface area contributed by atoms with Crippen molar-refractivity contribution in [1.82, 2.24) is 10.6 Å². The van der Waals surface area contributed by atoms with Gasteiger partial charge in [-0.05, 0) is 66.6 Å². The molecule has 5 nitrogen and oxygen atoms in total. The molecule has 5 heteroatoms. The van der Waals surface area contributed by atoms with E-state index in [1.165, 1.54) is 16.8 Å². The lowest BCUT2D eigenvalue weighted by Gasteiger charge is -2.34. The molecule has 3 aromatic rings. The molecule has 184 valence electrons. The van der Waals surface area contributed by atoms with Gasteiger partial charge in [-0.15, -0.1) is 0 Å². The molecule has 0 atom stereocenters. The maximum absolute atomic E-state index is 12.4. The van der Waals surface area contributed by atoms with Crippen LogP contribution in [0.2, 0.25) is 0 Å². The van der Waals surface area contributed by atoms with Crippen LogP contribution in [-0.4, -0.2) is 38.7 Å². The van der Waals surface area contributed by atoms with Crippen molar-refractivity contribution in [3.8, 4) is 5.75 Å². The predicted octanol–water partition coefficient (Wildman–Crippen LogP) is 4.66. The van der Waals surface area contributed by atoms with E-state index in [0.717, 1.165) is 55.8 Å². The normalized spacial score (nSPS) is 14.1. The minimum atomic E-state index is 0.0492. The van der Waals surface area contributed by atoms with Gasteiger partial charge in [0.2, 0.25) is 5.91 Å². The first kappa shape index (κ1) is 24.8. The Kier molecular flexibility index (Phi) is 8.79. The summed E-state index contributed by atoms with van der Waals surface area (Å²) < 4.78 is 5.38. The average Bonchev–Trinajstić information content (AvgIpc) is 2.89. The van der Waals surface area contributed by atoms with Crippen LogP contribution in [0.3, 0.4) is 0 Å². The zero-order chi connectivity index (χ0) is 24.5. The molecule has 35 heavy (non-hydrogen) atoms. The van der Waals surface area contributed by atoms with E-state index in [-0.39, 0.29) is 5.91 Å². The van der Waals surface area contributed by atoms with Crippen molar-refractivity contribution in [3.05, 3.63) is 95.1 Å². The molecule has 1 amide bonds. The Morgan fingerprint density at radius 1 is 0.943 bits per heavy atom. The molecule has 2 N–H and O–H groups in total. The summed E-state index contributed by atoms with van der Waals surface area (Å²) in [5, 5.41) is 6.77. The molecule has 1 aliphatic rings. The molecule has 0 radical (unpaired) electrons. The highest BCUT2D eigenvalue weighted by molar-refractivity contribution is 5.78. The number of carbonyl (C=O) groups is 1. The fourth-order valence-electron chi connectivity index (χ4n) is 4.72. The highest BCUT2D eigenvalue weighted by Gasteiger charge is 2.19. The quantitative estimate of drug-likeness (QED) is 0.451. The van der Waals surface area contributed by atoms with Gasteiger partial charge in [0, 0.05) is 37.9 Å². The summed E-state index contributed by atoms with van der Waals surface area (Å²) in [6.45, 7) is 5.81. The number of hydrogen-bond donors (Lipinski definition) is 2. The molecule has 0 spiro atoms. The number of benzene rings is 3. The van der Waals surface area contributed by atoms with Gasteiger partial charge in [0.1, 0.15) is 5.75 Å². The second-order valence-corrected chi connectivity index (χ2v) is 9.32. The van der Waals surface area contributed by atoms with E-state index < -0.39 is 0 Å². The van der Waals surface area contributed by atoms with Crippen molar-refractivity contribution in [3.63, 3.8) is 0 Å². The number of amides is 1. The van der Waals surface area contributed by atoms with E-state index in [9.17, 15) is 4.79 Å². The Bertz CT molecular complexity index is 1090. The number of para-hydroxylation sites is 1. The second kappa shape index (κ2) is 12.4. The van der Waals surface area contributed by atoms with Crippen LogP contribution in [0.15, 0.2) is 72.8 Å². The standard InChI is InChI=1S/C30H37N3O2/c1-23-7-3-4-9-26(23)22-32-27-16-19-33(20-17-27)28-13-11-24(12-14-28)21-30(34)31-18-15-25-8-5-6-10-29(25)35-2/h3-14,27,32H,15-22H2,1-2H3,(H,31,34). The molecule has 0 aromatic heterocycles. The molecular formula is C30H37N3O2. The number of hydrogen-bond acceptors (Lipinski definition) is 4. The molecule has 4 rings (SSSR count). The van der Waals surface area contributed by atoms with Gasteiger partial charge in [-0.2, -0.15) is 0 Å². The van der Waals surface area contributed by atoms with Crippen molar-refractivity contribution in [2.24, 2.45) is 0 Å². The van der Waals surface area contributed by atoms with Crippen molar-refractivity contribution in [2.45, 2.75) is 45.2 Å². The Labute approximate surface area is 209 Å². The first-order valence-corrected chi connectivity index (χ1v) is 12.6. The number of carbonyl (C=O) groups excluding carboxylic acids is 1. The van der Waals surface area contributed by atoms with Gasteiger partial charge in [0.05, 0.1) is 13.5 Å². The molecule has 3 aromatic carbocycles. The zero-order valence-electron chi connectivity index (χ0n) is 20.9. The molecule has 1 saturated heterocycles. The molecule has 0 bridgehead atoms. The summed E-state index contributed by atoms with van der Waals surface area (Å²) in [6.07, 6.45) is 3.44. The van der Waals surface area contributed by atoms with E-state index >= 15 is 0 Å². The van der Waals surface area contributed by atoms with Gasteiger partial charge in [0.25, 0.3) is 0 Å². The van der Waals surface area contributed by atoms with Crippen LogP contribution in [0.5, 0.6) is 5.75 Å². The number of ether oxygens (including phenoxy) is 1. The van der Waals surface area contributed by atoms with Gasteiger partial charge in [-0.3, -0.25) is 4.79 Å². The average molecular weight is 472 g/mol. The largest absolute Gasteiger partial charge is 0.496 e. The summed E-state index contributed by atoms with van der Waals surface area (Å²) in [6, 6.07) is 25.5. The third-order valence-electron chi connectivity index (χ3n) is 6.91. The van der Waals surface area contributed by atoms with Crippen LogP contribution < -0.4 is 20.3 Å². The van der Waals surface area contributed by atoms with E-state index in [2.05, 4.69) is 71.0 Å². The lowest BCUT2D eigenvalue weighted by Crippen LogP contribution is -2.42. The summed E-state index contributed by atoms with van der Waals surface area (Å²) in [4.78, 5) is 14.9. The third-order valence-corrected chi connectivity index (χ3v) is 6.91. The summed E-state index contributed by atoms with van der Waals surface area (Å²) in [7, 11) is 1.67. The first-order chi connectivity index (χ1) is 17.1. The van der Waals surface area contributed by atoms with Crippen LogP contribution in [0.1, 0.15) is 35.1 Å². The molecule has 1 heterocycles. The Morgan fingerprint density at radius 3 is 2.34 bits per heavy atom. The highest BCUT2D eigenvalue weighted by atomic mass is 16.5. The van der Waals surface area contributed by atoms with Crippen LogP contribution in [0.25, 0.3) is 0 Å². The molecule has 0 saturated carbocycles. The maximum atomic E-state index is 12.4. The lowest BCUT2D eigenvalue weighted by atomic mass is 10.0. The van der Waals surface area contributed by atoms with Crippen LogP contribution in [0.4, 0.5) is 5.69 Å². The SMILES string of the molecule is COc1ccccc1CCNC(=O)Cc1ccc(N2CCC(NCc3ccccc3C)CC2)cc1. The summed E-state index contributed by atoms with van der Waals surface area (Å²) in [5.41, 5.74) is 6.12. The summed E-state index contributed by atoms with van der Waals surface area (Å²) in [5.74, 6) is 0.914. The molecule has 0 unspecified atom stereocenters. The van der Waals surface area contributed by atoms with Gasteiger partial charge >= 0.3 is 0 Å². The maximum Gasteiger partial charge on any atom is 0.224 e. The smallest absolute Gasteiger partial charge is 0.224 e. The van der Waals surface area contributed by atoms with Crippen molar-refractivity contribution >= 4 is 11.6 Å². The van der Waals surface area contributed by atoms with Crippen molar-refractivity contribution in [1.29, 1.82) is 0 Å². The van der Waals surface area contributed by atoms with Crippen LogP contribution in [-0.2, 0) is 24.2 Å². The van der Waals surface area contributed by atoms with E-state index in [0.29, 0.717) is 19.0 Å². The van der Waals surface area contributed by atoms with Crippen molar-refractivity contribution < 1.29 is 9.53 Å². The number of methoxy groups -OCH3 is 1. The number of rotatable bonds is 10. The van der Waals surface area contributed by atoms with Gasteiger partial charge in [-0.1, -0.05) is 54.6 Å². The van der Waals surface area contributed by atoms with Crippen LogP contribution >= 0.6 is 0 Å². The number of anilines is 1. The first-order valence-electron chi connectivity index (χ1n) is 12.6. The van der Waals surface area contributed by atoms with Crippen molar-refractivity contribution in [2.75, 3.05) is 31.6 Å². The zero-order valence-corrected chi connectivity index (χ0v) is 20.9. The topological polar surface area (TPSA) is 53.6 Å². The molecule has 0 aliphatic carbocycles. The van der Waals surface area contributed by atoms with E-state index in [1.54, 1.807) is 7.11 Å². The number of aryl methyl sites for hydroxylation is 1. The number of nitrogens with one attached hydrogen (secondary N) is 2. The monoisotopic (exact) mass is 471 g/mol. The minimum Gasteiger partial charge on any atom is -0.496 e. The molecule has 1 fully saturated rings. The van der Waals surface area contributed by atoms with Gasteiger partial charge < -0.3 is 20.3 Å².